The first-order valence-corrected chi connectivity index (χ1v) is 11.7. The normalized spacial score (nSPS) is 19.2. The molecule has 1 aliphatic rings. The molecule has 1 saturated heterocycles. The van der Waals surface area contributed by atoms with Crippen LogP contribution < -0.4 is 0 Å². The minimum Gasteiger partial charge on any atom is -0.414 e. The van der Waals surface area contributed by atoms with Gasteiger partial charge in [-0.2, -0.15) is 0 Å². The average molecular weight is 329 g/mol. The largest absolute Gasteiger partial charge is 0.414 e. The van der Waals surface area contributed by atoms with Gasteiger partial charge in [-0.3, -0.25) is 0 Å². The zero-order valence-electron chi connectivity index (χ0n) is 15.5. The van der Waals surface area contributed by atoms with Gasteiger partial charge < -0.3 is 13.9 Å². The molecule has 0 bridgehead atoms. The second kappa shape index (κ2) is 9.21. The molecule has 0 amide bonds. The molecule has 0 aromatic rings. The molecular formula is C18H36O3Si. The summed E-state index contributed by atoms with van der Waals surface area (Å²) in [5, 5.41) is 0.297. The lowest BCUT2D eigenvalue weighted by Gasteiger charge is -2.38. The van der Waals surface area contributed by atoms with Gasteiger partial charge in [0.15, 0.2) is 14.6 Å². The first-order chi connectivity index (χ1) is 10.2. The molecule has 0 aromatic heterocycles. The summed E-state index contributed by atoms with van der Waals surface area (Å²) in [5.74, 6) is 0. The summed E-state index contributed by atoms with van der Waals surface area (Å²) < 4.78 is 17.2. The van der Waals surface area contributed by atoms with E-state index in [0.29, 0.717) is 11.1 Å². The van der Waals surface area contributed by atoms with Gasteiger partial charge >= 0.3 is 0 Å². The van der Waals surface area contributed by atoms with Crippen molar-refractivity contribution in [3.05, 3.63) is 12.2 Å². The maximum atomic E-state index is 6.38. The van der Waals surface area contributed by atoms with Crippen molar-refractivity contribution in [2.45, 2.75) is 90.3 Å². The van der Waals surface area contributed by atoms with Crippen LogP contribution in [-0.4, -0.2) is 33.9 Å². The fourth-order valence-corrected chi connectivity index (χ4v) is 3.78. The van der Waals surface area contributed by atoms with Crippen LogP contribution in [0, 0.1) is 0 Å². The van der Waals surface area contributed by atoms with Crippen LogP contribution in [0.5, 0.6) is 0 Å². The summed E-state index contributed by atoms with van der Waals surface area (Å²) in [4.78, 5) is 0. The molecule has 130 valence electrons. The summed E-state index contributed by atoms with van der Waals surface area (Å²) in [6.45, 7) is 15.3. The standard InChI is InChI=1S/C18H36O3Si/c1-16(21-22(5,6)18(2,3)4)12-10-8-7-9-11-13-17-19-14-15-20-17/h7,9,16-17H,8,10-15H2,1-6H3/b9-7+/t16-/m0/s1. The minimum atomic E-state index is -1.61. The van der Waals surface area contributed by atoms with Gasteiger partial charge in [-0.05, 0) is 50.7 Å². The van der Waals surface area contributed by atoms with Crippen molar-refractivity contribution in [3.63, 3.8) is 0 Å². The minimum absolute atomic E-state index is 0.0302. The summed E-state index contributed by atoms with van der Waals surface area (Å²) in [6.07, 6.45) is 10.4. The zero-order valence-corrected chi connectivity index (χ0v) is 16.5. The molecule has 22 heavy (non-hydrogen) atoms. The van der Waals surface area contributed by atoms with E-state index in [2.05, 4.69) is 52.9 Å². The average Bonchev–Trinajstić information content (AvgIpc) is 2.88. The van der Waals surface area contributed by atoms with E-state index in [1.807, 2.05) is 0 Å². The molecule has 0 unspecified atom stereocenters. The van der Waals surface area contributed by atoms with Gasteiger partial charge in [0, 0.05) is 12.5 Å². The summed E-state index contributed by atoms with van der Waals surface area (Å²) in [6, 6.07) is 0. The monoisotopic (exact) mass is 328 g/mol. The van der Waals surface area contributed by atoms with E-state index in [1.54, 1.807) is 0 Å². The molecule has 1 rings (SSSR count). The second-order valence-electron chi connectivity index (χ2n) is 7.84. The lowest BCUT2D eigenvalue weighted by Crippen LogP contribution is -2.43. The van der Waals surface area contributed by atoms with Crippen LogP contribution in [0.1, 0.15) is 59.8 Å². The zero-order chi connectivity index (χ0) is 16.6. The Morgan fingerprint density at radius 2 is 1.73 bits per heavy atom. The molecular weight excluding hydrogens is 292 g/mol. The molecule has 1 aliphatic heterocycles. The molecule has 0 radical (unpaired) electrons. The van der Waals surface area contributed by atoms with Crippen LogP contribution in [-0.2, 0) is 13.9 Å². The van der Waals surface area contributed by atoms with Gasteiger partial charge in [0.1, 0.15) is 0 Å². The number of hydrogen-bond donors (Lipinski definition) is 0. The SMILES string of the molecule is C[C@@H](CCC/C=C/CCC1OCCO1)O[Si](C)(C)C(C)(C)C. The van der Waals surface area contributed by atoms with Crippen molar-refractivity contribution in [2.75, 3.05) is 13.2 Å². The highest BCUT2D eigenvalue weighted by Crippen LogP contribution is 2.37. The Labute approximate surface area is 138 Å². The first kappa shape index (κ1) is 19.9. The molecule has 0 N–H and O–H groups in total. The van der Waals surface area contributed by atoms with Crippen LogP contribution in [0.15, 0.2) is 12.2 Å². The third-order valence-corrected chi connectivity index (χ3v) is 9.31. The smallest absolute Gasteiger partial charge is 0.192 e. The summed E-state index contributed by atoms with van der Waals surface area (Å²) in [5.41, 5.74) is 0. The number of unbranched alkanes of at least 4 members (excludes halogenated alkanes) is 1. The lowest BCUT2D eigenvalue weighted by atomic mass is 10.1. The Kier molecular flexibility index (Phi) is 8.32. The Morgan fingerprint density at radius 3 is 2.32 bits per heavy atom. The molecule has 0 aromatic carbocycles. The highest BCUT2D eigenvalue weighted by atomic mass is 28.4. The molecule has 4 heteroatoms. The Hall–Kier alpha value is -0.163. The maximum Gasteiger partial charge on any atom is 0.192 e. The van der Waals surface area contributed by atoms with Crippen molar-refractivity contribution in [2.24, 2.45) is 0 Å². The quantitative estimate of drug-likeness (QED) is 0.327. The third kappa shape index (κ3) is 7.40. The predicted molar refractivity (Wildman–Crippen MR) is 95.7 cm³/mol. The first-order valence-electron chi connectivity index (χ1n) is 8.78. The van der Waals surface area contributed by atoms with Crippen LogP contribution in [0.4, 0.5) is 0 Å². The van der Waals surface area contributed by atoms with Crippen molar-refractivity contribution < 1.29 is 13.9 Å². The second-order valence-corrected chi connectivity index (χ2v) is 12.6. The lowest BCUT2D eigenvalue weighted by molar-refractivity contribution is -0.0457. The molecule has 0 saturated carbocycles. The van der Waals surface area contributed by atoms with Gasteiger partial charge in [0.2, 0.25) is 0 Å². The van der Waals surface area contributed by atoms with Crippen LogP contribution in [0.3, 0.4) is 0 Å². The fraction of sp³-hybridized carbons (Fsp3) is 0.889. The Bertz CT molecular complexity index is 328. The molecule has 3 nitrogen and oxygen atoms in total. The van der Waals surface area contributed by atoms with Crippen molar-refractivity contribution >= 4 is 8.32 Å². The number of rotatable bonds is 9. The van der Waals surface area contributed by atoms with E-state index in [9.17, 15) is 0 Å². The van der Waals surface area contributed by atoms with Gasteiger partial charge in [0.05, 0.1) is 13.2 Å². The summed E-state index contributed by atoms with van der Waals surface area (Å²) >= 11 is 0. The van der Waals surface area contributed by atoms with Crippen LogP contribution in [0.25, 0.3) is 0 Å². The van der Waals surface area contributed by atoms with E-state index >= 15 is 0 Å². The van der Waals surface area contributed by atoms with Gasteiger partial charge in [-0.15, -0.1) is 0 Å². The topological polar surface area (TPSA) is 27.7 Å². The van der Waals surface area contributed by atoms with E-state index in [1.165, 1.54) is 6.42 Å². The molecule has 0 spiro atoms. The van der Waals surface area contributed by atoms with E-state index in [0.717, 1.165) is 38.9 Å². The Morgan fingerprint density at radius 1 is 1.14 bits per heavy atom. The number of allylic oxidation sites excluding steroid dienone is 2. The fourth-order valence-electron chi connectivity index (χ4n) is 2.30. The summed E-state index contributed by atoms with van der Waals surface area (Å²) in [7, 11) is -1.61. The van der Waals surface area contributed by atoms with Crippen LogP contribution in [0.2, 0.25) is 18.1 Å². The maximum absolute atomic E-state index is 6.38. The number of hydrogen-bond acceptors (Lipinski definition) is 3. The third-order valence-electron chi connectivity index (χ3n) is 4.71. The van der Waals surface area contributed by atoms with E-state index in [-0.39, 0.29) is 6.29 Å². The van der Waals surface area contributed by atoms with Crippen molar-refractivity contribution in [1.82, 2.24) is 0 Å². The molecule has 1 fully saturated rings. The number of ether oxygens (including phenoxy) is 2. The predicted octanol–water partition coefficient (Wildman–Crippen LogP) is 5.28. The van der Waals surface area contributed by atoms with Crippen molar-refractivity contribution in [3.8, 4) is 0 Å². The van der Waals surface area contributed by atoms with E-state index < -0.39 is 8.32 Å². The van der Waals surface area contributed by atoms with Crippen LogP contribution >= 0.6 is 0 Å². The van der Waals surface area contributed by atoms with E-state index in [4.69, 9.17) is 13.9 Å². The van der Waals surface area contributed by atoms with Gasteiger partial charge in [-0.1, -0.05) is 32.9 Å². The van der Waals surface area contributed by atoms with Gasteiger partial charge in [-0.25, -0.2) is 0 Å². The van der Waals surface area contributed by atoms with Crippen molar-refractivity contribution in [1.29, 1.82) is 0 Å². The van der Waals surface area contributed by atoms with Gasteiger partial charge in [0.25, 0.3) is 0 Å². The molecule has 1 atom stereocenters. The highest BCUT2D eigenvalue weighted by Gasteiger charge is 2.38. The molecule has 1 heterocycles. The highest BCUT2D eigenvalue weighted by molar-refractivity contribution is 6.74. The Balaban J connectivity index is 2.08. The molecule has 0 aliphatic carbocycles.